The molecule has 0 saturated carbocycles. The van der Waals surface area contributed by atoms with Crippen LogP contribution in [0, 0.1) is 0 Å². The highest BCUT2D eigenvalue weighted by atomic mass is 35.5. The van der Waals surface area contributed by atoms with Crippen LogP contribution in [0.5, 0.6) is 5.75 Å². The summed E-state index contributed by atoms with van der Waals surface area (Å²) < 4.78 is 5.69. The van der Waals surface area contributed by atoms with Crippen molar-refractivity contribution in [2.45, 2.75) is 6.61 Å². The van der Waals surface area contributed by atoms with Gasteiger partial charge in [0, 0.05) is 5.02 Å². The molecular weight excluding hydrogens is 306 g/mol. The lowest BCUT2D eigenvalue weighted by Crippen LogP contribution is -2.23. The van der Waals surface area contributed by atoms with Gasteiger partial charge in [0.25, 0.3) is 0 Å². The molecule has 4 nitrogen and oxygen atoms in total. The molecule has 0 aromatic heterocycles. The van der Waals surface area contributed by atoms with E-state index < -0.39 is 0 Å². The molecule has 0 unspecified atom stereocenters. The Labute approximate surface area is 133 Å². The number of rotatable bonds is 5. The van der Waals surface area contributed by atoms with Crippen molar-refractivity contribution in [2.24, 2.45) is 10.8 Å². The third kappa shape index (κ3) is 5.41. The molecule has 0 spiro atoms. The van der Waals surface area contributed by atoms with Crippen LogP contribution in [0.2, 0.25) is 5.02 Å². The van der Waals surface area contributed by atoms with Gasteiger partial charge in [0.15, 0.2) is 5.11 Å². The van der Waals surface area contributed by atoms with Gasteiger partial charge in [-0.15, -0.1) is 0 Å². The maximum Gasteiger partial charge on any atom is 0.184 e. The van der Waals surface area contributed by atoms with Gasteiger partial charge in [-0.05, 0) is 59.7 Å². The van der Waals surface area contributed by atoms with Crippen molar-refractivity contribution in [1.82, 2.24) is 5.43 Å². The molecule has 0 aliphatic carbocycles. The SMILES string of the molecule is NC(=S)N/N=C/c1ccc(OCc2cccc(Cl)c2)cc1. The molecule has 0 aliphatic rings. The molecule has 2 aromatic rings. The van der Waals surface area contributed by atoms with Crippen molar-refractivity contribution in [3.63, 3.8) is 0 Å². The summed E-state index contributed by atoms with van der Waals surface area (Å²) in [5, 5.41) is 4.71. The Hall–Kier alpha value is -2.11. The zero-order valence-electron chi connectivity index (χ0n) is 11.1. The van der Waals surface area contributed by atoms with Gasteiger partial charge in [-0.1, -0.05) is 23.7 Å². The predicted octanol–water partition coefficient (Wildman–Crippen LogP) is 3.09. The highest BCUT2D eigenvalue weighted by Gasteiger charge is 1.97. The second kappa shape index (κ2) is 7.61. The Bertz CT molecular complexity index is 644. The average Bonchev–Trinajstić information content (AvgIpc) is 2.46. The largest absolute Gasteiger partial charge is 0.489 e. The smallest absolute Gasteiger partial charge is 0.184 e. The molecule has 3 N–H and O–H groups in total. The molecule has 0 amide bonds. The van der Waals surface area contributed by atoms with Gasteiger partial charge in [0.2, 0.25) is 0 Å². The van der Waals surface area contributed by atoms with Crippen LogP contribution in [0.25, 0.3) is 0 Å². The molecule has 0 heterocycles. The van der Waals surface area contributed by atoms with Crippen LogP contribution in [0.3, 0.4) is 0 Å². The van der Waals surface area contributed by atoms with E-state index in [2.05, 4.69) is 22.7 Å². The number of ether oxygens (including phenoxy) is 1. The molecule has 0 aliphatic heterocycles. The molecule has 0 fully saturated rings. The lowest BCUT2D eigenvalue weighted by Gasteiger charge is -2.06. The molecule has 108 valence electrons. The number of nitrogens with zero attached hydrogens (tertiary/aromatic N) is 1. The van der Waals surface area contributed by atoms with Crippen molar-refractivity contribution in [3.05, 3.63) is 64.7 Å². The van der Waals surface area contributed by atoms with Gasteiger partial charge in [-0.2, -0.15) is 5.10 Å². The highest BCUT2D eigenvalue weighted by molar-refractivity contribution is 7.80. The molecule has 0 radical (unpaired) electrons. The fourth-order valence-corrected chi connectivity index (χ4v) is 1.88. The van der Waals surface area contributed by atoms with Crippen LogP contribution in [-0.2, 0) is 6.61 Å². The van der Waals surface area contributed by atoms with E-state index in [1.54, 1.807) is 6.21 Å². The molecule has 2 rings (SSSR count). The Balaban J connectivity index is 1.90. The molecule has 0 atom stereocenters. The molecule has 0 saturated heterocycles. The number of nitrogens with two attached hydrogens (primary N) is 1. The van der Waals surface area contributed by atoms with Crippen molar-refractivity contribution < 1.29 is 4.74 Å². The standard InChI is InChI=1S/C15H14ClN3OS/c16-13-3-1-2-12(8-13)10-20-14-6-4-11(5-7-14)9-18-19-15(17)21/h1-9H,10H2,(H3,17,19,21)/b18-9+. The van der Waals surface area contributed by atoms with Gasteiger partial charge < -0.3 is 10.5 Å². The van der Waals surface area contributed by atoms with E-state index in [9.17, 15) is 0 Å². The van der Waals surface area contributed by atoms with E-state index in [0.29, 0.717) is 11.6 Å². The summed E-state index contributed by atoms with van der Waals surface area (Å²) in [6.45, 7) is 0.469. The lowest BCUT2D eigenvalue weighted by molar-refractivity contribution is 0.306. The number of hydrogen-bond acceptors (Lipinski definition) is 3. The summed E-state index contributed by atoms with van der Waals surface area (Å²) in [5.41, 5.74) is 9.69. The Morgan fingerprint density at radius 2 is 2.05 bits per heavy atom. The van der Waals surface area contributed by atoms with E-state index in [4.69, 9.17) is 22.1 Å². The van der Waals surface area contributed by atoms with E-state index >= 15 is 0 Å². The Morgan fingerprint density at radius 3 is 2.71 bits per heavy atom. The van der Waals surface area contributed by atoms with E-state index in [1.165, 1.54) is 0 Å². The van der Waals surface area contributed by atoms with Crippen LogP contribution in [0.4, 0.5) is 0 Å². The second-order valence-electron chi connectivity index (χ2n) is 4.22. The zero-order chi connectivity index (χ0) is 15.1. The van der Waals surface area contributed by atoms with Crippen molar-refractivity contribution in [3.8, 4) is 5.75 Å². The number of hydrazone groups is 1. The zero-order valence-corrected chi connectivity index (χ0v) is 12.7. The minimum Gasteiger partial charge on any atom is -0.489 e. The normalized spacial score (nSPS) is 10.5. The van der Waals surface area contributed by atoms with Gasteiger partial charge >= 0.3 is 0 Å². The number of halogens is 1. The first-order chi connectivity index (χ1) is 10.1. The number of thiocarbonyl (C=S) groups is 1. The van der Waals surface area contributed by atoms with Gasteiger partial charge in [0.05, 0.1) is 6.21 Å². The quantitative estimate of drug-likeness (QED) is 0.505. The van der Waals surface area contributed by atoms with Crippen LogP contribution >= 0.6 is 23.8 Å². The summed E-state index contributed by atoms with van der Waals surface area (Å²) in [5.74, 6) is 0.773. The molecule has 6 heteroatoms. The van der Waals surface area contributed by atoms with Crippen LogP contribution < -0.4 is 15.9 Å². The second-order valence-corrected chi connectivity index (χ2v) is 5.10. The van der Waals surface area contributed by atoms with Crippen molar-refractivity contribution in [2.75, 3.05) is 0 Å². The summed E-state index contributed by atoms with van der Waals surface area (Å²) in [6.07, 6.45) is 1.62. The maximum atomic E-state index is 5.92. The minimum absolute atomic E-state index is 0.132. The lowest BCUT2D eigenvalue weighted by atomic mass is 10.2. The van der Waals surface area contributed by atoms with Gasteiger partial charge in [-0.3, -0.25) is 5.43 Å². The van der Waals surface area contributed by atoms with Crippen molar-refractivity contribution >= 4 is 35.1 Å². The van der Waals surface area contributed by atoms with E-state index in [1.807, 2.05) is 48.5 Å². The van der Waals surface area contributed by atoms with Crippen LogP contribution in [-0.4, -0.2) is 11.3 Å². The molecule has 0 bridgehead atoms. The van der Waals surface area contributed by atoms with Gasteiger partial charge in [0.1, 0.15) is 12.4 Å². The fourth-order valence-electron chi connectivity index (χ4n) is 1.61. The first-order valence-corrected chi connectivity index (χ1v) is 6.98. The van der Waals surface area contributed by atoms with Crippen LogP contribution in [0.1, 0.15) is 11.1 Å². The molecule has 21 heavy (non-hydrogen) atoms. The summed E-state index contributed by atoms with van der Waals surface area (Å²) >= 11 is 10.6. The monoisotopic (exact) mass is 319 g/mol. The van der Waals surface area contributed by atoms with E-state index in [0.717, 1.165) is 16.9 Å². The third-order valence-electron chi connectivity index (χ3n) is 2.56. The summed E-state index contributed by atoms with van der Waals surface area (Å²) in [7, 11) is 0. The first-order valence-electron chi connectivity index (χ1n) is 6.19. The first kappa shape index (κ1) is 15.3. The highest BCUT2D eigenvalue weighted by Crippen LogP contribution is 2.15. The number of benzene rings is 2. The topological polar surface area (TPSA) is 59.6 Å². The van der Waals surface area contributed by atoms with Crippen molar-refractivity contribution in [1.29, 1.82) is 0 Å². The number of nitrogens with one attached hydrogen (secondary N) is 1. The summed E-state index contributed by atoms with van der Waals surface area (Å²) in [6, 6.07) is 15.1. The minimum atomic E-state index is 0.132. The predicted molar refractivity (Wildman–Crippen MR) is 89.7 cm³/mol. The van der Waals surface area contributed by atoms with Crippen LogP contribution in [0.15, 0.2) is 53.6 Å². The third-order valence-corrected chi connectivity index (χ3v) is 2.89. The summed E-state index contributed by atoms with van der Waals surface area (Å²) in [4.78, 5) is 0. The Morgan fingerprint density at radius 1 is 1.29 bits per heavy atom. The molecule has 2 aromatic carbocycles. The molecular formula is C15H14ClN3OS. The number of hydrogen-bond donors (Lipinski definition) is 2. The average molecular weight is 320 g/mol. The fraction of sp³-hybridized carbons (Fsp3) is 0.0667. The maximum absolute atomic E-state index is 5.92. The van der Waals surface area contributed by atoms with Gasteiger partial charge in [-0.25, -0.2) is 0 Å². The van der Waals surface area contributed by atoms with E-state index in [-0.39, 0.29) is 5.11 Å². The Kier molecular flexibility index (Phi) is 5.54.